The van der Waals surface area contributed by atoms with E-state index in [4.69, 9.17) is 0 Å². The third-order valence-electron chi connectivity index (χ3n) is 1.96. The number of rotatable bonds is 5. The molecule has 1 aromatic rings. The van der Waals surface area contributed by atoms with Gasteiger partial charge < -0.3 is 4.90 Å². The number of aryl methyl sites for hydroxylation is 1. The molecule has 0 radical (unpaired) electrons. The van der Waals surface area contributed by atoms with Gasteiger partial charge in [-0.2, -0.15) is 0 Å². The zero-order valence-corrected chi connectivity index (χ0v) is 10.6. The molecule has 0 aliphatic carbocycles. The summed E-state index contributed by atoms with van der Waals surface area (Å²) in [6.07, 6.45) is 3.18. The molecule has 0 saturated carbocycles. The van der Waals surface area contributed by atoms with Crippen LogP contribution in [0.25, 0.3) is 0 Å². The molecule has 6 heteroatoms. The van der Waals surface area contributed by atoms with Crippen LogP contribution >= 0.6 is 0 Å². The number of nitrogens with one attached hydrogen (secondary N) is 1. The summed E-state index contributed by atoms with van der Waals surface area (Å²) < 4.78 is 25.8. The van der Waals surface area contributed by atoms with Crippen molar-refractivity contribution in [3.05, 3.63) is 24.0 Å². The first-order valence-corrected chi connectivity index (χ1v) is 6.61. The minimum Gasteiger partial charge on any atom is -0.308 e. The van der Waals surface area contributed by atoms with Crippen molar-refractivity contribution in [3.63, 3.8) is 0 Å². The van der Waals surface area contributed by atoms with Gasteiger partial charge in [-0.1, -0.05) is 0 Å². The lowest BCUT2D eigenvalue weighted by Crippen LogP contribution is -2.26. The van der Waals surface area contributed by atoms with Crippen LogP contribution in [0.3, 0.4) is 0 Å². The van der Waals surface area contributed by atoms with E-state index in [2.05, 4.69) is 9.71 Å². The zero-order valence-electron chi connectivity index (χ0n) is 9.77. The van der Waals surface area contributed by atoms with Gasteiger partial charge in [0.2, 0.25) is 10.0 Å². The molecule has 0 amide bonds. The predicted molar refractivity (Wildman–Crippen MR) is 64.9 cm³/mol. The van der Waals surface area contributed by atoms with Gasteiger partial charge in [0.1, 0.15) is 0 Å². The Morgan fingerprint density at radius 2 is 2.06 bits per heavy atom. The van der Waals surface area contributed by atoms with E-state index in [1.54, 1.807) is 12.3 Å². The molecule has 0 bridgehead atoms. The second-order valence-corrected chi connectivity index (χ2v) is 5.82. The highest BCUT2D eigenvalue weighted by atomic mass is 32.2. The lowest BCUT2D eigenvalue weighted by Gasteiger charge is -2.11. The minimum absolute atomic E-state index is 0.0773. The van der Waals surface area contributed by atoms with Crippen LogP contribution in [0, 0.1) is 6.92 Å². The summed E-state index contributed by atoms with van der Waals surface area (Å²) in [5, 5.41) is 0. The fourth-order valence-electron chi connectivity index (χ4n) is 1.14. The Morgan fingerprint density at radius 3 is 2.62 bits per heavy atom. The minimum atomic E-state index is -3.28. The average Bonchev–Trinajstić information content (AvgIpc) is 2.14. The van der Waals surface area contributed by atoms with Crippen molar-refractivity contribution in [1.82, 2.24) is 9.88 Å². The van der Waals surface area contributed by atoms with Crippen molar-refractivity contribution in [2.45, 2.75) is 6.92 Å². The van der Waals surface area contributed by atoms with Crippen molar-refractivity contribution >= 4 is 15.7 Å². The first kappa shape index (κ1) is 12.9. The molecule has 5 nitrogen and oxygen atoms in total. The lowest BCUT2D eigenvalue weighted by atomic mass is 10.3. The summed E-state index contributed by atoms with van der Waals surface area (Å²) in [4.78, 5) is 5.75. The van der Waals surface area contributed by atoms with Crippen LogP contribution in [0.2, 0.25) is 0 Å². The van der Waals surface area contributed by atoms with E-state index in [0.29, 0.717) is 12.2 Å². The van der Waals surface area contributed by atoms with Gasteiger partial charge in [0.15, 0.2) is 0 Å². The third-order valence-corrected chi connectivity index (χ3v) is 3.22. The van der Waals surface area contributed by atoms with Gasteiger partial charge in [-0.25, -0.2) is 8.42 Å². The van der Waals surface area contributed by atoms with Crippen LogP contribution < -0.4 is 4.72 Å². The normalized spacial score (nSPS) is 11.8. The van der Waals surface area contributed by atoms with Crippen molar-refractivity contribution in [2.24, 2.45) is 0 Å². The first-order chi connectivity index (χ1) is 7.39. The monoisotopic (exact) mass is 243 g/mol. The Bertz CT molecular complexity index is 443. The van der Waals surface area contributed by atoms with Gasteiger partial charge in [0.25, 0.3) is 0 Å². The average molecular weight is 243 g/mol. The van der Waals surface area contributed by atoms with Gasteiger partial charge in [0, 0.05) is 12.7 Å². The smallest absolute Gasteiger partial charge is 0.234 e. The van der Waals surface area contributed by atoms with Gasteiger partial charge in [0.05, 0.1) is 17.6 Å². The van der Waals surface area contributed by atoms with Crippen molar-refractivity contribution in [2.75, 3.05) is 31.1 Å². The summed E-state index contributed by atoms with van der Waals surface area (Å²) in [6.45, 7) is 2.36. The summed E-state index contributed by atoms with van der Waals surface area (Å²) in [6, 6.07) is 1.75. The SMILES string of the molecule is Cc1cncc(NS(=O)(=O)CCN(C)C)c1. The van der Waals surface area contributed by atoms with Crippen LogP contribution in [0.1, 0.15) is 5.56 Å². The number of sulfonamides is 1. The maximum Gasteiger partial charge on any atom is 0.234 e. The Balaban J connectivity index is 2.66. The molecular weight excluding hydrogens is 226 g/mol. The molecule has 16 heavy (non-hydrogen) atoms. The number of anilines is 1. The topological polar surface area (TPSA) is 62.3 Å². The molecule has 1 rings (SSSR count). The summed E-state index contributed by atoms with van der Waals surface area (Å²) >= 11 is 0. The van der Waals surface area contributed by atoms with E-state index in [9.17, 15) is 8.42 Å². The Morgan fingerprint density at radius 1 is 1.38 bits per heavy atom. The van der Waals surface area contributed by atoms with Crippen LogP contribution in [-0.4, -0.2) is 44.7 Å². The standard InChI is InChI=1S/C10H17N3O2S/c1-9-6-10(8-11-7-9)12-16(14,15)5-4-13(2)3/h6-8,12H,4-5H2,1-3H3. The number of pyridine rings is 1. The van der Waals surface area contributed by atoms with E-state index in [0.717, 1.165) is 5.56 Å². The molecule has 0 fully saturated rings. The van der Waals surface area contributed by atoms with Gasteiger partial charge in [-0.3, -0.25) is 9.71 Å². The molecule has 1 aromatic heterocycles. The molecule has 1 N–H and O–H groups in total. The van der Waals surface area contributed by atoms with E-state index in [1.807, 2.05) is 25.9 Å². The van der Waals surface area contributed by atoms with Crippen molar-refractivity contribution in [1.29, 1.82) is 0 Å². The Labute approximate surface area is 96.5 Å². The molecule has 0 aliphatic rings. The van der Waals surface area contributed by atoms with Crippen LogP contribution in [0.5, 0.6) is 0 Å². The highest BCUT2D eigenvalue weighted by Crippen LogP contribution is 2.09. The molecule has 0 spiro atoms. The van der Waals surface area contributed by atoms with Crippen molar-refractivity contribution < 1.29 is 8.42 Å². The molecule has 0 aliphatic heterocycles. The molecule has 1 heterocycles. The number of hydrogen-bond acceptors (Lipinski definition) is 4. The second kappa shape index (κ2) is 5.27. The first-order valence-electron chi connectivity index (χ1n) is 4.96. The molecule has 0 saturated heterocycles. The van der Waals surface area contributed by atoms with Gasteiger partial charge in [-0.15, -0.1) is 0 Å². The fraction of sp³-hybridized carbons (Fsp3) is 0.500. The molecule has 0 unspecified atom stereocenters. The lowest BCUT2D eigenvalue weighted by molar-refractivity contribution is 0.432. The third kappa shape index (κ3) is 4.59. The Kier molecular flexibility index (Phi) is 4.26. The van der Waals surface area contributed by atoms with Crippen molar-refractivity contribution in [3.8, 4) is 0 Å². The maximum atomic E-state index is 11.7. The van der Waals surface area contributed by atoms with Crippen LogP contribution in [0.15, 0.2) is 18.5 Å². The van der Waals surface area contributed by atoms with E-state index >= 15 is 0 Å². The van der Waals surface area contributed by atoms with Gasteiger partial charge in [-0.05, 0) is 32.6 Å². The van der Waals surface area contributed by atoms with Crippen LogP contribution in [0.4, 0.5) is 5.69 Å². The highest BCUT2D eigenvalue weighted by Gasteiger charge is 2.10. The van der Waals surface area contributed by atoms with E-state index in [-0.39, 0.29) is 5.75 Å². The van der Waals surface area contributed by atoms with E-state index in [1.165, 1.54) is 6.20 Å². The summed E-state index contributed by atoms with van der Waals surface area (Å²) in [5.74, 6) is 0.0773. The fourth-order valence-corrected chi connectivity index (χ4v) is 2.32. The molecule has 0 atom stereocenters. The molecule has 90 valence electrons. The number of hydrogen-bond donors (Lipinski definition) is 1. The number of nitrogens with zero attached hydrogens (tertiary/aromatic N) is 2. The molecular formula is C10H17N3O2S. The predicted octanol–water partition coefficient (Wildman–Crippen LogP) is 0.693. The molecule has 0 aromatic carbocycles. The maximum absolute atomic E-state index is 11.7. The second-order valence-electron chi connectivity index (χ2n) is 3.98. The zero-order chi connectivity index (χ0) is 12.2. The quantitative estimate of drug-likeness (QED) is 0.826. The summed E-state index contributed by atoms with van der Waals surface area (Å²) in [7, 11) is 0.396. The van der Waals surface area contributed by atoms with E-state index < -0.39 is 10.0 Å². The number of aromatic nitrogens is 1. The largest absolute Gasteiger partial charge is 0.308 e. The van der Waals surface area contributed by atoms with Gasteiger partial charge >= 0.3 is 0 Å². The summed E-state index contributed by atoms with van der Waals surface area (Å²) in [5.41, 5.74) is 1.44. The highest BCUT2D eigenvalue weighted by molar-refractivity contribution is 7.92. The van der Waals surface area contributed by atoms with Crippen LogP contribution in [-0.2, 0) is 10.0 Å². The Hall–Kier alpha value is -1.14.